The molecule has 0 amide bonds. The fourth-order valence-electron chi connectivity index (χ4n) is 4.69. The van der Waals surface area contributed by atoms with Crippen molar-refractivity contribution in [2.45, 2.75) is 32.0 Å². The average molecular weight is 541 g/mol. The standard InChI is InChI=1S/C31H32N4O3S/c36-27-13-12-23(30-29(27)35-31(38)39-30)19-28(37)34-18-14-21-8-10-22(11-9-21)26-7-2-1-5-24(26)20-32-17-15-25-6-3-4-16-33-25/h1-13,16,28,32,34,36-37H,14-15,17-20H2,(H,35,38). The fourth-order valence-corrected chi connectivity index (χ4v) is 5.57. The molecule has 1 unspecified atom stereocenters. The van der Waals surface area contributed by atoms with Crippen molar-refractivity contribution in [2.24, 2.45) is 0 Å². The molecule has 0 saturated carbocycles. The van der Waals surface area contributed by atoms with Crippen molar-refractivity contribution in [2.75, 3.05) is 13.1 Å². The van der Waals surface area contributed by atoms with E-state index in [0.29, 0.717) is 23.2 Å². The Morgan fingerprint density at radius 2 is 1.72 bits per heavy atom. The second-order valence-electron chi connectivity index (χ2n) is 9.49. The van der Waals surface area contributed by atoms with Gasteiger partial charge in [0.2, 0.25) is 0 Å². The van der Waals surface area contributed by atoms with Gasteiger partial charge in [-0.2, -0.15) is 0 Å². The summed E-state index contributed by atoms with van der Waals surface area (Å²) in [6, 6.07) is 26.3. The SMILES string of the molecule is O=c1[nH]c2c(O)ccc(CC(O)NCCc3ccc(-c4ccccc4CNCCc4ccccn4)cc3)c2s1. The molecule has 8 heteroatoms. The van der Waals surface area contributed by atoms with Crippen molar-refractivity contribution in [3.8, 4) is 16.9 Å². The van der Waals surface area contributed by atoms with Crippen LogP contribution in [-0.4, -0.2) is 39.5 Å². The van der Waals surface area contributed by atoms with Gasteiger partial charge in [-0.3, -0.25) is 15.1 Å². The molecule has 2 heterocycles. The van der Waals surface area contributed by atoms with Crippen LogP contribution in [0.25, 0.3) is 21.3 Å². The summed E-state index contributed by atoms with van der Waals surface area (Å²) < 4.78 is 0.681. The summed E-state index contributed by atoms with van der Waals surface area (Å²) in [4.78, 5) is 18.5. The number of aromatic hydroxyl groups is 1. The summed E-state index contributed by atoms with van der Waals surface area (Å²) in [5, 5.41) is 27.2. The van der Waals surface area contributed by atoms with Gasteiger partial charge in [-0.15, -0.1) is 0 Å². The van der Waals surface area contributed by atoms with Gasteiger partial charge in [-0.25, -0.2) is 0 Å². The molecule has 0 bridgehead atoms. The molecule has 5 rings (SSSR count). The lowest BCUT2D eigenvalue weighted by molar-refractivity contribution is 0.139. The van der Waals surface area contributed by atoms with E-state index >= 15 is 0 Å². The van der Waals surface area contributed by atoms with Gasteiger partial charge in [0.15, 0.2) is 0 Å². The average Bonchev–Trinajstić information content (AvgIpc) is 3.36. The molecule has 1 atom stereocenters. The van der Waals surface area contributed by atoms with Crippen molar-refractivity contribution in [1.29, 1.82) is 0 Å². The molecular formula is C31H32N4O3S. The zero-order valence-corrected chi connectivity index (χ0v) is 22.4. The summed E-state index contributed by atoms with van der Waals surface area (Å²) in [6.07, 6.45) is 3.09. The third-order valence-electron chi connectivity index (χ3n) is 6.73. The summed E-state index contributed by atoms with van der Waals surface area (Å²) >= 11 is 1.04. The van der Waals surface area contributed by atoms with E-state index in [1.807, 2.05) is 18.3 Å². The first kappa shape index (κ1) is 26.8. The number of hydrogen-bond acceptors (Lipinski definition) is 7. The predicted octanol–water partition coefficient (Wildman–Crippen LogP) is 4.38. The quantitative estimate of drug-likeness (QED) is 0.119. The third kappa shape index (κ3) is 6.99. The zero-order chi connectivity index (χ0) is 27.0. The van der Waals surface area contributed by atoms with E-state index in [4.69, 9.17) is 0 Å². The van der Waals surface area contributed by atoms with E-state index in [1.54, 1.807) is 12.1 Å². The molecule has 200 valence electrons. The molecule has 0 fully saturated rings. The Balaban J connectivity index is 1.12. The summed E-state index contributed by atoms with van der Waals surface area (Å²) in [7, 11) is 0. The number of thiazole rings is 1. The molecule has 5 N–H and O–H groups in total. The van der Waals surface area contributed by atoms with Crippen molar-refractivity contribution in [3.63, 3.8) is 0 Å². The monoisotopic (exact) mass is 540 g/mol. The van der Waals surface area contributed by atoms with Gasteiger partial charge in [0.1, 0.15) is 17.5 Å². The molecule has 0 aliphatic carbocycles. The van der Waals surface area contributed by atoms with Crippen LogP contribution in [0, 0.1) is 0 Å². The van der Waals surface area contributed by atoms with Gasteiger partial charge in [0, 0.05) is 44.4 Å². The van der Waals surface area contributed by atoms with Crippen molar-refractivity contribution in [3.05, 3.63) is 117 Å². The smallest absolute Gasteiger partial charge is 0.305 e. The second kappa shape index (κ2) is 12.8. The third-order valence-corrected chi connectivity index (χ3v) is 7.69. The normalized spacial score (nSPS) is 12.1. The van der Waals surface area contributed by atoms with E-state index in [1.165, 1.54) is 22.3 Å². The molecule has 0 radical (unpaired) electrons. The molecular weight excluding hydrogens is 508 g/mol. The number of pyridine rings is 1. The predicted molar refractivity (Wildman–Crippen MR) is 157 cm³/mol. The van der Waals surface area contributed by atoms with E-state index < -0.39 is 6.23 Å². The molecule has 0 aliphatic heterocycles. The maximum absolute atomic E-state index is 11.7. The Morgan fingerprint density at radius 3 is 2.54 bits per heavy atom. The van der Waals surface area contributed by atoms with E-state index in [2.05, 4.69) is 75.2 Å². The van der Waals surface area contributed by atoms with Crippen LogP contribution >= 0.6 is 11.3 Å². The van der Waals surface area contributed by atoms with Crippen molar-refractivity contribution < 1.29 is 10.2 Å². The number of aromatic amines is 1. The molecule has 7 nitrogen and oxygen atoms in total. The summed E-state index contributed by atoms with van der Waals surface area (Å²) in [5.41, 5.74) is 7.17. The number of hydrogen-bond donors (Lipinski definition) is 5. The van der Waals surface area contributed by atoms with Crippen LogP contribution in [0.3, 0.4) is 0 Å². The number of aromatic nitrogens is 2. The van der Waals surface area contributed by atoms with Crippen LogP contribution in [0.5, 0.6) is 5.75 Å². The highest BCUT2D eigenvalue weighted by molar-refractivity contribution is 7.16. The van der Waals surface area contributed by atoms with E-state index in [-0.39, 0.29) is 10.6 Å². The minimum absolute atomic E-state index is 0.0393. The second-order valence-corrected chi connectivity index (χ2v) is 10.5. The topological polar surface area (TPSA) is 110 Å². The van der Waals surface area contributed by atoms with Gasteiger partial charge < -0.3 is 20.5 Å². The first-order chi connectivity index (χ1) is 19.1. The van der Waals surface area contributed by atoms with Gasteiger partial charge in [-0.05, 0) is 52.4 Å². The van der Waals surface area contributed by atoms with Crippen LogP contribution in [0.15, 0.2) is 89.9 Å². The largest absolute Gasteiger partial charge is 0.506 e. The van der Waals surface area contributed by atoms with Crippen molar-refractivity contribution >= 4 is 21.6 Å². The number of H-pyrrole nitrogens is 1. The van der Waals surface area contributed by atoms with E-state index in [9.17, 15) is 15.0 Å². The van der Waals surface area contributed by atoms with E-state index in [0.717, 1.165) is 48.5 Å². The molecule has 3 aromatic carbocycles. The number of aliphatic hydroxyl groups is 1. The van der Waals surface area contributed by atoms with Gasteiger partial charge >= 0.3 is 4.87 Å². The van der Waals surface area contributed by atoms with Crippen molar-refractivity contribution in [1.82, 2.24) is 20.6 Å². The summed E-state index contributed by atoms with van der Waals surface area (Å²) in [5.74, 6) is 0.0393. The van der Waals surface area contributed by atoms with Gasteiger partial charge in [0.05, 0.1) is 4.70 Å². The Labute approximate surface area is 231 Å². The Kier molecular flexibility index (Phi) is 8.80. The van der Waals surface area contributed by atoms with Crippen LogP contribution in [0.4, 0.5) is 0 Å². The lowest BCUT2D eigenvalue weighted by atomic mass is 9.98. The lowest BCUT2D eigenvalue weighted by Crippen LogP contribution is -2.32. The Bertz CT molecular complexity index is 1560. The van der Waals surface area contributed by atoms with Crippen LogP contribution in [0.1, 0.15) is 22.4 Å². The maximum atomic E-state index is 11.7. The Hall–Kier alpha value is -3.82. The highest BCUT2D eigenvalue weighted by Gasteiger charge is 2.13. The Morgan fingerprint density at radius 1 is 0.897 bits per heavy atom. The highest BCUT2D eigenvalue weighted by Crippen LogP contribution is 2.28. The van der Waals surface area contributed by atoms with Gasteiger partial charge in [0.25, 0.3) is 0 Å². The number of phenols is 1. The molecule has 0 saturated heterocycles. The molecule has 2 aromatic heterocycles. The minimum atomic E-state index is -0.758. The first-order valence-electron chi connectivity index (χ1n) is 13.1. The number of phenolic OH excluding ortho intramolecular Hbond substituents is 1. The lowest BCUT2D eigenvalue weighted by Gasteiger charge is -2.14. The molecule has 0 spiro atoms. The molecule has 0 aliphatic rings. The zero-order valence-electron chi connectivity index (χ0n) is 21.6. The molecule has 39 heavy (non-hydrogen) atoms. The highest BCUT2D eigenvalue weighted by atomic mass is 32.1. The number of rotatable bonds is 12. The number of benzene rings is 3. The first-order valence-corrected chi connectivity index (χ1v) is 13.9. The number of aliphatic hydroxyl groups excluding tert-OH is 1. The van der Waals surface area contributed by atoms with Crippen LogP contribution < -0.4 is 15.5 Å². The van der Waals surface area contributed by atoms with Gasteiger partial charge in [-0.1, -0.05) is 72.0 Å². The van der Waals surface area contributed by atoms with Crippen LogP contribution in [-0.2, 0) is 25.8 Å². The van der Waals surface area contributed by atoms with Crippen LogP contribution in [0.2, 0.25) is 0 Å². The maximum Gasteiger partial charge on any atom is 0.305 e. The molecule has 5 aromatic rings. The minimum Gasteiger partial charge on any atom is -0.506 e. The summed E-state index contributed by atoms with van der Waals surface area (Å²) in [6.45, 7) is 2.27. The number of fused-ring (bicyclic) bond motifs is 1. The number of nitrogens with one attached hydrogen (secondary N) is 3. The fraction of sp³-hybridized carbons (Fsp3) is 0.226. The number of nitrogens with zero attached hydrogens (tertiary/aromatic N) is 1.